The van der Waals surface area contributed by atoms with Crippen molar-refractivity contribution in [2.75, 3.05) is 6.54 Å². The summed E-state index contributed by atoms with van der Waals surface area (Å²) in [5.41, 5.74) is 4.45. The Balaban J connectivity index is 1.44. The monoisotopic (exact) mass is 439 g/mol. The first kappa shape index (κ1) is 21.5. The fourth-order valence-electron chi connectivity index (χ4n) is 4.06. The second-order valence-electron chi connectivity index (χ2n) is 7.90. The van der Waals surface area contributed by atoms with Crippen LogP contribution in [0, 0.1) is 5.82 Å². The lowest BCUT2D eigenvalue weighted by molar-refractivity contribution is 0.0692. The van der Waals surface area contributed by atoms with E-state index in [-0.39, 0.29) is 11.6 Å². The molecule has 0 bridgehead atoms. The Morgan fingerprint density at radius 2 is 1.77 bits per heavy atom. The van der Waals surface area contributed by atoms with E-state index in [4.69, 9.17) is 16.7 Å². The van der Waals surface area contributed by atoms with Crippen molar-refractivity contribution in [3.8, 4) is 11.1 Å². The SMILES string of the molecule is O=C(O)c1ccc(-c2ccc3c(c2)C[C@@H](NC[C@H](O)c2ccc(Cl)cc2)CC3)cc1F. The van der Waals surface area contributed by atoms with Gasteiger partial charge < -0.3 is 15.5 Å². The van der Waals surface area contributed by atoms with Crippen molar-refractivity contribution in [1.82, 2.24) is 5.32 Å². The standard InChI is InChI=1S/C25H23ClFNO3/c26-20-7-3-16(4-8-20)24(29)14-28-21-9-5-15-1-2-17(11-19(15)12-21)18-6-10-22(25(30)31)23(27)13-18/h1-4,6-8,10-11,13,21,24,28-29H,5,9,12,14H2,(H,30,31)/t21-,24-/m0/s1. The third-order valence-corrected chi connectivity index (χ3v) is 6.07. The minimum atomic E-state index is -1.27. The Kier molecular flexibility index (Phi) is 6.37. The molecule has 1 aliphatic rings. The van der Waals surface area contributed by atoms with Gasteiger partial charge >= 0.3 is 5.97 Å². The van der Waals surface area contributed by atoms with Crippen molar-refractivity contribution in [3.05, 3.63) is 93.8 Å². The molecule has 0 saturated heterocycles. The van der Waals surface area contributed by atoms with Crippen molar-refractivity contribution in [1.29, 1.82) is 0 Å². The number of rotatable bonds is 6. The fourth-order valence-corrected chi connectivity index (χ4v) is 4.19. The van der Waals surface area contributed by atoms with Crippen LogP contribution in [0.1, 0.15) is 39.6 Å². The third-order valence-electron chi connectivity index (χ3n) is 5.82. The molecule has 3 N–H and O–H groups in total. The quantitative estimate of drug-likeness (QED) is 0.504. The Hall–Kier alpha value is -2.73. The molecule has 0 saturated carbocycles. The topological polar surface area (TPSA) is 69.6 Å². The second-order valence-corrected chi connectivity index (χ2v) is 8.34. The number of carbonyl (C=O) groups is 1. The van der Waals surface area contributed by atoms with Gasteiger partial charge in [-0.15, -0.1) is 0 Å². The number of halogens is 2. The van der Waals surface area contributed by atoms with Gasteiger partial charge in [-0.3, -0.25) is 0 Å². The highest BCUT2D eigenvalue weighted by Gasteiger charge is 2.20. The smallest absolute Gasteiger partial charge is 0.338 e. The second kappa shape index (κ2) is 9.18. The Labute approximate surface area is 185 Å². The summed E-state index contributed by atoms with van der Waals surface area (Å²) in [6.45, 7) is 0.448. The lowest BCUT2D eigenvalue weighted by Gasteiger charge is -2.27. The molecule has 3 aromatic carbocycles. The van der Waals surface area contributed by atoms with Crippen LogP contribution in [-0.4, -0.2) is 28.8 Å². The van der Waals surface area contributed by atoms with Gasteiger partial charge in [0.15, 0.2) is 0 Å². The van der Waals surface area contributed by atoms with Crippen LogP contribution in [0.25, 0.3) is 11.1 Å². The number of hydrogen-bond acceptors (Lipinski definition) is 3. The highest BCUT2D eigenvalue weighted by molar-refractivity contribution is 6.30. The van der Waals surface area contributed by atoms with E-state index in [1.54, 1.807) is 18.2 Å². The molecular weight excluding hydrogens is 417 g/mol. The Morgan fingerprint density at radius 3 is 2.48 bits per heavy atom. The van der Waals surface area contributed by atoms with Crippen molar-refractivity contribution >= 4 is 17.6 Å². The van der Waals surface area contributed by atoms with E-state index < -0.39 is 17.9 Å². The minimum absolute atomic E-state index is 0.232. The Bertz CT molecular complexity index is 1100. The summed E-state index contributed by atoms with van der Waals surface area (Å²) in [6, 6.07) is 17.7. The van der Waals surface area contributed by atoms with Crippen LogP contribution in [0.2, 0.25) is 5.02 Å². The molecule has 1 aliphatic carbocycles. The molecule has 0 unspecified atom stereocenters. The Morgan fingerprint density at radius 1 is 1.06 bits per heavy atom. The van der Waals surface area contributed by atoms with Gasteiger partial charge in [-0.1, -0.05) is 48.0 Å². The minimum Gasteiger partial charge on any atom is -0.478 e. The van der Waals surface area contributed by atoms with E-state index in [2.05, 4.69) is 11.4 Å². The van der Waals surface area contributed by atoms with Crippen LogP contribution in [0.3, 0.4) is 0 Å². The number of carboxylic acids is 1. The number of hydrogen-bond donors (Lipinski definition) is 3. The molecule has 160 valence electrons. The van der Waals surface area contributed by atoms with Crippen LogP contribution >= 0.6 is 11.6 Å². The van der Waals surface area contributed by atoms with Gasteiger partial charge in [0, 0.05) is 17.6 Å². The largest absolute Gasteiger partial charge is 0.478 e. The summed E-state index contributed by atoms with van der Waals surface area (Å²) >= 11 is 5.91. The van der Waals surface area contributed by atoms with Crippen molar-refractivity contribution in [3.63, 3.8) is 0 Å². The first-order valence-corrected chi connectivity index (χ1v) is 10.6. The number of aliphatic hydroxyl groups is 1. The highest BCUT2D eigenvalue weighted by Crippen LogP contribution is 2.29. The van der Waals surface area contributed by atoms with Crippen LogP contribution < -0.4 is 5.32 Å². The highest BCUT2D eigenvalue weighted by atomic mass is 35.5. The summed E-state index contributed by atoms with van der Waals surface area (Å²) < 4.78 is 14.1. The van der Waals surface area contributed by atoms with E-state index in [0.29, 0.717) is 17.1 Å². The molecule has 0 radical (unpaired) electrons. The number of carboxylic acid groups (broad SMARTS) is 1. The van der Waals surface area contributed by atoms with E-state index in [0.717, 1.165) is 30.4 Å². The molecule has 0 heterocycles. The molecule has 3 aromatic rings. The number of aromatic carboxylic acids is 1. The lowest BCUT2D eigenvalue weighted by Crippen LogP contribution is -2.37. The predicted octanol–water partition coefficient (Wildman–Crippen LogP) is 5.02. The van der Waals surface area contributed by atoms with E-state index in [1.165, 1.54) is 23.3 Å². The van der Waals surface area contributed by atoms with E-state index in [9.17, 15) is 14.3 Å². The maximum absolute atomic E-state index is 14.1. The average molecular weight is 440 g/mol. The van der Waals surface area contributed by atoms with Crippen LogP contribution in [-0.2, 0) is 12.8 Å². The van der Waals surface area contributed by atoms with E-state index >= 15 is 0 Å². The number of fused-ring (bicyclic) bond motifs is 1. The summed E-state index contributed by atoms with van der Waals surface area (Å²) in [7, 11) is 0. The van der Waals surface area contributed by atoms with Gasteiger partial charge in [-0.2, -0.15) is 0 Å². The molecule has 4 nitrogen and oxygen atoms in total. The number of benzene rings is 3. The van der Waals surface area contributed by atoms with Gasteiger partial charge in [-0.05, 0) is 71.3 Å². The zero-order valence-corrected chi connectivity index (χ0v) is 17.6. The molecule has 0 spiro atoms. The molecule has 2 atom stereocenters. The summed E-state index contributed by atoms with van der Waals surface area (Å²) in [5, 5.41) is 23.5. The van der Waals surface area contributed by atoms with Crippen LogP contribution in [0.5, 0.6) is 0 Å². The maximum atomic E-state index is 14.1. The first-order valence-electron chi connectivity index (χ1n) is 10.2. The average Bonchev–Trinajstić information content (AvgIpc) is 2.77. The molecular formula is C25H23ClFNO3. The molecule has 0 aromatic heterocycles. The zero-order chi connectivity index (χ0) is 22.0. The van der Waals surface area contributed by atoms with Gasteiger partial charge in [0.05, 0.1) is 11.7 Å². The summed E-state index contributed by atoms with van der Waals surface area (Å²) in [5.74, 6) is -2.01. The maximum Gasteiger partial charge on any atom is 0.338 e. The molecule has 0 amide bonds. The van der Waals surface area contributed by atoms with E-state index in [1.807, 2.05) is 24.3 Å². The third kappa shape index (κ3) is 4.96. The number of nitrogens with one attached hydrogen (secondary N) is 1. The molecule has 6 heteroatoms. The normalized spacial score (nSPS) is 16.5. The molecule has 31 heavy (non-hydrogen) atoms. The lowest BCUT2D eigenvalue weighted by atomic mass is 9.86. The first-order chi connectivity index (χ1) is 14.9. The molecule has 0 fully saturated rings. The van der Waals surface area contributed by atoms with Gasteiger partial charge in [0.1, 0.15) is 5.82 Å². The molecule has 4 rings (SSSR count). The van der Waals surface area contributed by atoms with Gasteiger partial charge in [0.25, 0.3) is 0 Å². The summed E-state index contributed by atoms with van der Waals surface area (Å²) in [4.78, 5) is 11.0. The number of aliphatic hydroxyl groups excluding tert-OH is 1. The van der Waals surface area contributed by atoms with Crippen LogP contribution in [0.15, 0.2) is 60.7 Å². The number of aryl methyl sites for hydroxylation is 1. The predicted molar refractivity (Wildman–Crippen MR) is 119 cm³/mol. The summed E-state index contributed by atoms with van der Waals surface area (Å²) in [6.07, 6.45) is 2.10. The fraction of sp³-hybridized carbons (Fsp3) is 0.240. The van der Waals surface area contributed by atoms with Crippen molar-refractivity contribution in [2.45, 2.75) is 31.4 Å². The van der Waals surface area contributed by atoms with Crippen LogP contribution in [0.4, 0.5) is 4.39 Å². The van der Waals surface area contributed by atoms with Gasteiger partial charge in [0.2, 0.25) is 0 Å². The van der Waals surface area contributed by atoms with Crippen molar-refractivity contribution in [2.24, 2.45) is 0 Å². The zero-order valence-electron chi connectivity index (χ0n) is 16.8. The van der Waals surface area contributed by atoms with Gasteiger partial charge in [-0.25, -0.2) is 9.18 Å². The van der Waals surface area contributed by atoms with Crippen molar-refractivity contribution < 1.29 is 19.4 Å². The molecule has 0 aliphatic heterocycles.